The lowest BCUT2D eigenvalue weighted by Crippen LogP contribution is -2.41. The molecule has 1 aliphatic rings. The van der Waals surface area contributed by atoms with Crippen LogP contribution in [-0.2, 0) is 23.8 Å². The summed E-state index contributed by atoms with van der Waals surface area (Å²) in [5, 5.41) is 0. The zero-order chi connectivity index (χ0) is 15.8. The molecule has 21 heavy (non-hydrogen) atoms. The number of rotatable bonds is 6. The lowest BCUT2D eigenvalue weighted by molar-refractivity contribution is -0.147. The van der Waals surface area contributed by atoms with Gasteiger partial charge in [0.25, 0.3) is 0 Å². The Hall–Kier alpha value is -1.50. The van der Waals surface area contributed by atoms with Gasteiger partial charge in [0.05, 0.1) is 20.3 Å². The molecule has 1 rings (SSSR count). The van der Waals surface area contributed by atoms with E-state index in [2.05, 4.69) is 4.74 Å². The third kappa shape index (κ3) is 5.08. The monoisotopic (exact) mass is 321 g/mol. The maximum Gasteiger partial charge on any atom is 0.410 e. The van der Waals surface area contributed by atoms with Crippen LogP contribution in [0.1, 0.15) is 26.2 Å². The molecule has 1 aliphatic heterocycles. The molecule has 120 valence electrons. The van der Waals surface area contributed by atoms with Crippen molar-refractivity contribution in [3.63, 3.8) is 0 Å². The average Bonchev–Trinajstić information content (AvgIpc) is 2.90. The van der Waals surface area contributed by atoms with Crippen LogP contribution in [-0.4, -0.2) is 61.2 Å². The van der Waals surface area contributed by atoms with Crippen LogP contribution in [0.3, 0.4) is 0 Å². The molecule has 0 N–H and O–H groups in total. The molecule has 1 fully saturated rings. The van der Waals surface area contributed by atoms with Crippen molar-refractivity contribution in [3.05, 3.63) is 0 Å². The predicted octanol–water partition coefficient (Wildman–Crippen LogP) is 1.32. The molecule has 0 aromatic heterocycles. The molecule has 8 heteroatoms. The smallest absolute Gasteiger partial charge is 0.410 e. The molecule has 0 radical (unpaired) electrons. The van der Waals surface area contributed by atoms with Gasteiger partial charge in [0.15, 0.2) is 0 Å². The van der Waals surface area contributed by atoms with Crippen molar-refractivity contribution in [1.82, 2.24) is 4.90 Å². The third-order valence-electron chi connectivity index (χ3n) is 3.10. The van der Waals surface area contributed by atoms with Gasteiger partial charge in [0, 0.05) is 6.42 Å². The second-order valence-electron chi connectivity index (χ2n) is 4.64. The minimum absolute atomic E-state index is 0.0906. The highest BCUT2D eigenvalue weighted by Gasteiger charge is 2.42. The minimum Gasteiger partial charge on any atom is -0.467 e. The molecule has 0 aliphatic carbocycles. The summed E-state index contributed by atoms with van der Waals surface area (Å²) in [7, 11) is 1.24. The highest BCUT2D eigenvalue weighted by Crippen LogP contribution is 2.22. The molecule has 0 aromatic carbocycles. The number of alkyl halides is 1. The van der Waals surface area contributed by atoms with Crippen LogP contribution in [0, 0.1) is 0 Å². The Kier molecular flexibility index (Phi) is 7.28. The number of amides is 1. The molecule has 1 amide bonds. The van der Waals surface area contributed by atoms with Gasteiger partial charge in [-0.15, -0.1) is 11.6 Å². The van der Waals surface area contributed by atoms with E-state index in [0.717, 1.165) is 12.8 Å². The SMILES string of the molecule is CCCCOC(=O)N1C[C@@H](OC(=O)CCl)C[C@H]1C(=O)OC. The fraction of sp³-hybridized carbons (Fsp3) is 0.769. The van der Waals surface area contributed by atoms with Gasteiger partial charge in [-0.3, -0.25) is 9.69 Å². The fourth-order valence-electron chi connectivity index (χ4n) is 2.05. The highest BCUT2D eigenvalue weighted by molar-refractivity contribution is 6.26. The number of carbonyl (C=O) groups is 3. The lowest BCUT2D eigenvalue weighted by Gasteiger charge is -2.21. The van der Waals surface area contributed by atoms with Crippen LogP contribution in [0.2, 0.25) is 0 Å². The summed E-state index contributed by atoms with van der Waals surface area (Å²) < 4.78 is 14.8. The number of methoxy groups -OCH3 is 1. The number of likely N-dealkylation sites (tertiary alicyclic amines) is 1. The van der Waals surface area contributed by atoms with Gasteiger partial charge in [-0.25, -0.2) is 9.59 Å². The molecule has 1 heterocycles. The number of halogens is 1. The predicted molar refractivity (Wildman–Crippen MR) is 74.0 cm³/mol. The summed E-state index contributed by atoms with van der Waals surface area (Å²) in [6, 6.07) is -0.808. The number of hydrogen-bond acceptors (Lipinski definition) is 6. The quantitative estimate of drug-likeness (QED) is 0.317. The van der Waals surface area contributed by atoms with Crippen LogP contribution in [0.5, 0.6) is 0 Å². The van der Waals surface area contributed by atoms with E-state index >= 15 is 0 Å². The van der Waals surface area contributed by atoms with E-state index in [-0.39, 0.29) is 25.5 Å². The third-order valence-corrected chi connectivity index (χ3v) is 3.32. The number of esters is 2. The Bertz CT molecular complexity index is 389. The second kappa shape index (κ2) is 8.71. The second-order valence-corrected chi connectivity index (χ2v) is 4.91. The molecule has 2 atom stereocenters. The maximum atomic E-state index is 12.0. The molecule has 7 nitrogen and oxygen atoms in total. The van der Waals surface area contributed by atoms with Gasteiger partial charge in [-0.05, 0) is 6.42 Å². The molecule has 0 bridgehead atoms. The standard InChI is InChI=1S/C13H20ClNO6/c1-3-4-5-20-13(18)15-8-9(21-11(16)7-14)6-10(15)12(17)19-2/h9-10H,3-8H2,1-2H3/t9-,10-/m0/s1. The van der Waals surface area contributed by atoms with Gasteiger partial charge in [-0.2, -0.15) is 0 Å². The van der Waals surface area contributed by atoms with E-state index < -0.39 is 30.2 Å². The van der Waals surface area contributed by atoms with E-state index in [0.29, 0.717) is 0 Å². The van der Waals surface area contributed by atoms with Gasteiger partial charge < -0.3 is 14.2 Å². The summed E-state index contributed by atoms with van der Waals surface area (Å²) in [4.78, 5) is 36.1. The first-order valence-corrected chi connectivity index (χ1v) is 7.33. The number of hydrogen-bond donors (Lipinski definition) is 0. The van der Waals surface area contributed by atoms with Crippen molar-refractivity contribution in [2.24, 2.45) is 0 Å². The first-order valence-electron chi connectivity index (χ1n) is 6.80. The van der Waals surface area contributed by atoms with Crippen LogP contribution in [0.25, 0.3) is 0 Å². The van der Waals surface area contributed by atoms with Crippen molar-refractivity contribution < 1.29 is 28.6 Å². The van der Waals surface area contributed by atoms with E-state index in [1.54, 1.807) is 0 Å². The van der Waals surface area contributed by atoms with E-state index in [9.17, 15) is 14.4 Å². The van der Waals surface area contributed by atoms with Crippen molar-refractivity contribution in [3.8, 4) is 0 Å². The molecular formula is C13H20ClNO6. The molecular weight excluding hydrogens is 302 g/mol. The molecule has 0 spiro atoms. The van der Waals surface area contributed by atoms with Crippen LogP contribution in [0.4, 0.5) is 4.79 Å². The summed E-state index contributed by atoms with van der Waals surface area (Å²) >= 11 is 5.37. The Morgan fingerprint density at radius 1 is 1.33 bits per heavy atom. The Balaban J connectivity index is 2.66. The number of carbonyl (C=O) groups excluding carboxylic acids is 3. The van der Waals surface area contributed by atoms with Crippen molar-refractivity contribution in [1.29, 1.82) is 0 Å². The summed E-state index contributed by atoms with van der Waals surface area (Å²) in [6.07, 6.45) is 0.622. The average molecular weight is 322 g/mol. The molecule has 0 saturated carbocycles. The van der Waals surface area contributed by atoms with E-state index in [1.807, 2.05) is 6.92 Å². The van der Waals surface area contributed by atoms with Gasteiger partial charge >= 0.3 is 18.0 Å². The Morgan fingerprint density at radius 2 is 2.05 bits per heavy atom. The zero-order valence-corrected chi connectivity index (χ0v) is 12.9. The molecule has 1 saturated heterocycles. The first kappa shape index (κ1) is 17.6. The number of nitrogens with zero attached hydrogens (tertiary/aromatic N) is 1. The van der Waals surface area contributed by atoms with Crippen LogP contribution in [0.15, 0.2) is 0 Å². The maximum absolute atomic E-state index is 12.0. The summed E-state index contributed by atoms with van der Waals surface area (Å²) in [5.74, 6) is -1.43. The summed E-state index contributed by atoms with van der Waals surface area (Å²) in [5.41, 5.74) is 0. The van der Waals surface area contributed by atoms with E-state index in [1.165, 1.54) is 12.0 Å². The van der Waals surface area contributed by atoms with Gasteiger partial charge in [0.2, 0.25) is 0 Å². The molecule has 0 unspecified atom stereocenters. The van der Waals surface area contributed by atoms with Gasteiger partial charge in [0.1, 0.15) is 18.0 Å². The van der Waals surface area contributed by atoms with E-state index in [4.69, 9.17) is 21.1 Å². The zero-order valence-electron chi connectivity index (χ0n) is 12.2. The summed E-state index contributed by atoms with van der Waals surface area (Å²) in [6.45, 7) is 2.35. The Morgan fingerprint density at radius 3 is 2.62 bits per heavy atom. The number of ether oxygens (including phenoxy) is 3. The van der Waals surface area contributed by atoms with Crippen LogP contribution < -0.4 is 0 Å². The van der Waals surface area contributed by atoms with Crippen molar-refractivity contribution in [2.75, 3.05) is 26.1 Å². The van der Waals surface area contributed by atoms with Crippen LogP contribution >= 0.6 is 11.6 Å². The minimum atomic E-state index is -0.808. The van der Waals surface area contributed by atoms with Gasteiger partial charge in [-0.1, -0.05) is 13.3 Å². The topological polar surface area (TPSA) is 82.1 Å². The largest absolute Gasteiger partial charge is 0.467 e. The number of unbranched alkanes of at least 4 members (excludes halogenated alkanes) is 1. The fourth-order valence-corrected chi connectivity index (χ4v) is 2.11. The first-order chi connectivity index (χ1) is 10.0. The van der Waals surface area contributed by atoms with Crippen molar-refractivity contribution >= 4 is 29.6 Å². The van der Waals surface area contributed by atoms with Crippen molar-refractivity contribution in [2.45, 2.75) is 38.3 Å². The Labute approximate surface area is 128 Å². The lowest BCUT2D eigenvalue weighted by atomic mass is 10.2. The molecule has 0 aromatic rings. The normalized spacial score (nSPS) is 21.0. The highest BCUT2D eigenvalue weighted by atomic mass is 35.5.